The zero-order chi connectivity index (χ0) is 12.8. The summed E-state index contributed by atoms with van der Waals surface area (Å²) >= 11 is 0. The van der Waals surface area contributed by atoms with Gasteiger partial charge in [-0.15, -0.1) is 0 Å². The second-order valence-corrected chi connectivity index (χ2v) is 3.93. The van der Waals surface area contributed by atoms with E-state index in [4.69, 9.17) is 9.47 Å². The van der Waals surface area contributed by atoms with Crippen LogP contribution in [0.2, 0.25) is 0 Å². The van der Waals surface area contributed by atoms with Crippen molar-refractivity contribution in [1.29, 1.82) is 0 Å². The molecule has 0 N–H and O–H groups in total. The molecule has 3 nitrogen and oxygen atoms in total. The van der Waals surface area contributed by atoms with Crippen LogP contribution in [-0.4, -0.2) is 19.1 Å². The molecule has 0 atom stereocenters. The number of ether oxygens (including phenoxy) is 2. The lowest BCUT2D eigenvalue weighted by atomic mass is 10.2. The predicted molar refractivity (Wildman–Crippen MR) is 72.5 cm³/mol. The fraction of sp³-hybridized carbons (Fsp3) is 0.200. The number of benzene rings is 1. The van der Waals surface area contributed by atoms with Gasteiger partial charge < -0.3 is 14.4 Å². The monoisotopic (exact) mass is 243 g/mol. The molecule has 2 rings (SSSR count). The molecule has 0 fully saturated rings. The first-order valence-corrected chi connectivity index (χ1v) is 5.82. The van der Waals surface area contributed by atoms with E-state index >= 15 is 0 Å². The molecule has 1 aliphatic rings. The summed E-state index contributed by atoms with van der Waals surface area (Å²) in [5.74, 6) is 1.51. The highest BCUT2D eigenvalue weighted by Gasteiger charge is 2.05. The average molecular weight is 243 g/mol. The van der Waals surface area contributed by atoms with Crippen molar-refractivity contribution in [2.24, 2.45) is 0 Å². The van der Waals surface area contributed by atoms with E-state index in [9.17, 15) is 0 Å². The molecule has 0 spiro atoms. The molecule has 94 valence electrons. The van der Waals surface area contributed by atoms with Gasteiger partial charge in [0.2, 0.25) is 0 Å². The number of rotatable bonds is 4. The third-order valence-electron chi connectivity index (χ3n) is 2.70. The van der Waals surface area contributed by atoms with Crippen LogP contribution < -0.4 is 9.47 Å². The highest BCUT2D eigenvalue weighted by atomic mass is 16.5. The maximum Gasteiger partial charge on any atom is 0.161 e. The summed E-state index contributed by atoms with van der Waals surface area (Å²) in [6.07, 6.45) is 12.1. The van der Waals surface area contributed by atoms with Crippen molar-refractivity contribution in [2.45, 2.75) is 6.54 Å². The number of methoxy groups -OCH3 is 2. The molecule has 1 heterocycles. The molecule has 1 aliphatic heterocycles. The van der Waals surface area contributed by atoms with Crippen LogP contribution in [0.25, 0.3) is 0 Å². The van der Waals surface area contributed by atoms with Gasteiger partial charge in [0.1, 0.15) is 0 Å². The van der Waals surface area contributed by atoms with Gasteiger partial charge in [0, 0.05) is 18.9 Å². The molecular formula is C15H17NO2. The standard InChI is InChI=1S/C15H17NO2/c1-17-14-8-7-13(11-15(14)18-2)12-16-9-5-3-4-6-10-16/h3-11H,12H2,1-2H3. The largest absolute Gasteiger partial charge is 0.493 e. The average Bonchev–Trinajstić information content (AvgIpc) is 2.67. The maximum absolute atomic E-state index is 5.30. The Morgan fingerprint density at radius 2 is 1.56 bits per heavy atom. The molecule has 0 bridgehead atoms. The molecule has 3 heteroatoms. The molecule has 0 aliphatic carbocycles. The summed E-state index contributed by atoms with van der Waals surface area (Å²) in [5, 5.41) is 0. The van der Waals surface area contributed by atoms with Gasteiger partial charge in [-0.25, -0.2) is 0 Å². The Labute approximate surface area is 108 Å². The number of hydrogen-bond donors (Lipinski definition) is 0. The predicted octanol–water partition coefficient (Wildman–Crippen LogP) is 3.10. The lowest BCUT2D eigenvalue weighted by Crippen LogP contribution is -2.08. The van der Waals surface area contributed by atoms with Gasteiger partial charge in [0.15, 0.2) is 11.5 Å². The SMILES string of the molecule is COc1ccc(CN2C=CC=CC=C2)cc1OC. The van der Waals surface area contributed by atoms with Gasteiger partial charge in [-0.3, -0.25) is 0 Å². The van der Waals surface area contributed by atoms with Crippen LogP contribution in [0.1, 0.15) is 5.56 Å². The molecule has 0 saturated heterocycles. The van der Waals surface area contributed by atoms with Gasteiger partial charge in [-0.1, -0.05) is 18.2 Å². The van der Waals surface area contributed by atoms with Crippen LogP contribution >= 0.6 is 0 Å². The summed E-state index contributed by atoms with van der Waals surface area (Å²) in [6.45, 7) is 0.801. The Bertz CT molecular complexity index is 473. The topological polar surface area (TPSA) is 21.7 Å². The van der Waals surface area contributed by atoms with E-state index in [0.29, 0.717) is 0 Å². The third-order valence-corrected chi connectivity index (χ3v) is 2.70. The first kappa shape index (κ1) is 12.3. The Morgan fingerprint density at radius 1 is 0.889 bits per heavy atom. The maximum atomic E-state index is 5.30. The van der Waals surface area contributed by atoms with Gasteiger partial charge >= 0.3 is 0 Å². The minimum atomic E-state index is 0.755. The zero-order valence-electron chi connectivity index (χ0n) is 10.7. The Balaban J connectivity index is 2.14. The van der Waals surface area contributed by atoms with Crippen molar-refractivity contribution >= 4 is 0 Å². The summed E-state index contributed by atoms with van der Waals surface area (Å²) in [5.41, 5.74) is 1.17. The fourth-order valence-electron chi connectivity index (χ4n) is 1.79. The molecule has 0 radical (unpaired) electrons. The van der Waals surface area contributed by atoms with E-state index in [1.165, 1.54) is 5.56 Å². The molecule has 1 aromatic rings. The van der Waals surface area contributed by atoms with Crippen molar-refractivity contribution in [3.05, 3.63) is 60.5 Å². The summed E-state index contributed by atoms with van der Waals surface area (Å²) < 4.78 is 10.5. The van der Waals surface area contributed by atoms with Crippen LogP contribution in [0.5, 0.6) is 11.5 Å². The van der Waals surface area contributed by atoms with Crippen molar-refractivity contribution in [3.8, 4) is 11.5 Å². The van der Waals surface area contributed by atoms with E-state index in [2.05, 4.69) is 4.90 Å². The van der Waals surface area contributed by atoms with E-state index in [1.54, 1.807) is 14.2 Å². The zero-order valence-corrected chi connectivity index (χ0v) is 10.7. The third kappa shape index (κ3) is 2.94. The lowest BCUT2D eigenvalue weighted by Gasteiger charge is -2.16. The smallest absolute Gasteiger partial charge is 0.161 e. The Morgan fingerprint density at radius 3 is 2.17 bits per heavy atom. The molecule has 1 aromatic carbocycles. The highest BCUT2D eigenvalue weighted by Crippen LogP contribution is 2.28. The second-order valence-electron chi connectivity index (χ2n) is 3.93. The van der Waals surface area contributed by atoms with Crippen LogP contribution in [0.4, 0.5) is 0 Å². The van der Waals surface area contributed by atoms with Crippen molar-refractivity contribution < 1.29 is 9.47 Å². The molecule has 18 heavy (non-hydrogen) atoms. The first-order chi connectivity index (χ1) is 8.83. The minimum absolute atomic E-state index is 0.755. The van der Waals surface area contributed by atoms with Gasteiger partial charge in [0.25, 0.3) is 0 Å². The van der Waals surface area contributed by atoms with Crippen LogP contribution in [0.3, 0.4) is 0 Å². The first-order valence-electron chi connectivity index (χ1n) is 5.82. The number of nitrogens with zero attached hydrogens (tertiary/aromatic N) is 1. The summed E-state index contributed by atoms with van der Waals surface area (Å²) in [4.78, 5) is 2.11. The molecule has 0 saturated carbocycles. The van der Waals surface area contributed by atoms with Crippen LogP contribution in [-0.2, 0) is 6.54 Å². The Hall–Kier alpha value is -2.16. The quantitative estimate of drug-likeness (QED) is 0.811. The van der Waals surface area contributed by atoms with E-state index in [1.807, 2.05) is 54.9 Å². The summed E-state index contributed by atoms with van der Waals surface area (Å²) in [7, 11) is 3.29. The minimum Gasteiger partial charge on any atom is -0.493 e. The van der Waals surface area contributed by atoms with Gasteiger partial charge in [-0.05, 0) is 29.8 Å². The van der Waals surface area contributed by atoms with Gasteiger partial charge in [0.05, 0.1) is 14.2 Å². The van der Waals surface area contributed by atoms with Crippen LogP contribution in [0, 0.1) is 0 Å². The van der Waals surface area contributed by atoms with Crippen LogP contribution in [0.15, 0.2) is 54.9 Å². The lowest BCUT2D eigenvalue weighted by molar-refractivity contribution is 0.354. The number of hydrogen-bond acceptors (Lipinski definition) is 3. The van der Waals surface area contributed by atoms with E-state index in [0.717, 1.165) is 18.0 Å². The fourth-order valence-corrected chi connectivity index (χ4v) is 1.79. The number of allylic oxidation sites excluding steroid dienone is 4. The van der Waals surface area contributed by atoms with Crippen molar-refractivity contribution in [1.82, 2.24) is 4.90 Å². The summed E-state index contributed by atoms with van der Waals surface area (Å²) in [6, 6.07) is 5.97. The van der Waals surface area contributed by atoms with Crippen molar-refractivity contribution in [3.63, 3.8) is 0 Å². The molecule has 0 aromatic heterocycles. The van der Waals surface area contributed by atoms with E-state index < -0.39 is 0 Å². The Kier molecular flexibility index (Phi) is 4.07. The highest BCUT2D eigenvalue weighted by molar-refractivity contribution is 5.43. The van der Waals surface area contributed by atoms with Gasteiger partial charge in [-0.2, -0.15) is 0 Å². The molecule has 0 unspecified atom stereocenters. The molecule has 0 amide bonds. The normalized spacial score (nSPS) is 13.6. The van der Waals surface area contributed by atoms with E-state index in [-0.39, 0.29) is 0 Å². The molecular weight excluding hydrogens is 226 g/mol. The second kappa shape index (κ2) is 5.96. The van der Waals surface area contributed by atoms with Crippen molar-refractivity contribution in [2.75, 3.05) is 14.2 Å².